The summed E-state index contributed by atoms with van der Waals surface area (Å²) in [6, 6.07) is 0. The maximum Gasteiger partial charge on any atom is 0.306 e. The zero-order chi connectivity index (χ0) is 47.9. The van der Waals surface area contributed by atoms with Gasteiger partial charge < -0.3 is 14.2 Å². The SMILES string of the molecule is CC\C=C/C=C\C=C/C=C\CCCCCCCC(=O)OCC(COC(=O)CCC/C=C\C/C=C\C/C=C\C/C=C\C/C=C\CC)OC(=O)CCCCCCCC/C=C\C/C=C\C/C=C\CC. The van der Waals surface area contributed by atoms with Crippen molar-refractivity contribution in [2.45, 2.75) is 200 Å². The van der Waals surface area contributed by atoms with Crippen LogP contribution >= 0.6 is 0 Å². The van der Waals surface area contributed by atoms with Crippen molar-refractivity contribution in [2.75, 3.05) is 13.2 Å². The van der Waals surface area contributed by atoms with Gasteiger partial charge in [-0.15, -0.1) is 0 Å². The summed E-state index contributed by atoms with van der Waals surface area (Å²) in [7, 11) is 0. The molecule has 0 fully saturated rings. The summed E-state index contributed by atoms with van der Waals surface area (Å²) in [5, 5.41) is 0. The minimum absolute atomic E-state index is 0.120. The third-order valence-corrected chi connectivity index (χ3v) is 10.2. The fraction of sp³-hybridized carbons (Fsp3) is 0.550. The van der Waals surface area contributed by atoms with Crippen molar-refractivity contribution in [1.29, 1.82) is 0 Å². The first-order chi connectivity index (χ1) is 32.5. The second-order valence-corrected chi connectivity index (χ2v) is 16.4. The van der Waals surface area contributed by atoms with Crippen LogP contribution in [0.3, 0.4) is 0 Å². The Hall–Kier alpha value is -4.71. The van der Waals surface area contributed by atoms with Crippen LogP contribution in [-0.4, -0.2) is 37.2 Å². The van der Waals surface area contributed by atoms with Crippen LogP contribution in [0, 0.1) is 0 Å². The van der Waals surface area contributed by atoms with Gasteiger partial charge in [0.25, 0.3) is 0 Å². The molecule has 0 saturated heterocycles. The van der Waals surface area contributed by atoms with Gasteiger partial charge in [0, 0.05) is 19.3 Å². The van der Waals surface area contributed by atoms with E-state index in [0.717, 1.165) is 135 Å². The number of allylic oxidation sites excluding steroid dienone is 24. The number of hydrogen-bond donors (Lipinski definition) is 0. The first-order valence-corrected chi connectivity index (χ1v) is 25.9. The van der Waals surface area contributed by atoms with E-state index in [2.05, 4.69) is 142 Å². The van der Waals surface area contributed by atoms with Crippen molar-refractivity contribution in [3.8, 4) is 0 Å². The van der Waals surface area contributed by atoms with Gasteiger partial charge in [-0.3, -0.25) is 14.4 Å². The first-order valence-electron chi connectivity index (χ1n) is 25.9. The highest BCUT2D eigenvalue weighted by molar-refractivity contribution is 5.71. The summed E-state index contributed by atoms with van der Waals surface area (Å²) in [4.78, 5) is 38.0. The molecule has 368 valence electrons. The average Bonchev–Trinajstić information content (AvgIpc) is 3.31. The minimum atomic E-state index is -0.824. The van der Waals surface area contributed by atoms with Crippen LogP contribution in [0.5, 0.6) is 0 Å². The van der Waals surface area contributed by atoms with E-state index in [4.69, 9.17) is 14.2 Å². The Morgan fingerprint density at radius 3 is 1.09 bits per heavy atom. The van der Waals surface area contributed by atoms with E-state index in [1.807, 2.05) is 24.3 Å². The van der Waals surface area contributed by atoms with Crippen molar-refractivity contribution in [1.82, 2.24) is 0 Å². The molecular formula is C60H92O6. The molecule has 0 spiro atoms. The first kappa shape index (κ1) is 61.3. The zero-order valence-electron chi connectivity index (χ0n) is 41.9. The Bertz CT molecular complexity index is 1510. The van der Waals surface area contributed by atoms with E-state index in [0.29, 0.717) is 12.8 Å². The predicted octanol–water partition coefficient (Wildman–Crippen LogP) is 17.3. The number of ether oxygens (including phenoxy) is 3. The molecule has 0 bridgehead atoms. The van der Waals surface area contributed by atoms with Crippen molar-refractivity contribution in [3.63, 3.8) is 0 Å². The number of carbonyl (C=O) groups is 3. The molecule has 1 atom stereocenters. The Kier molecular flexibility index (Phi) is 49.1. The van der Waals surface area contributed by atoms with Gasteiger partial charge in [0.2, 0.25) is 0 Å². The third kappa shape index (κ3) is 50.3. The number of hydrogen-bond acceptors (Lipinski definition) is 6. The lowest BCUT2D eigenvalue weighted by Gasteiger charge is -2.18. The Morgan fingerprint density at radius 1 is 0.318 bits per heavy atom. The standard InChI is InChI=1S/C60H92O6/c1-4-7-10-13-16-19-22-25-28-30-33-35-38-41-44-47-50-53-59(62)65-56-57(55-64-58(61)52-49-46-43-40-37-34-31-27-24-21-18-15-12-9-6-3)66-60(63)54-51-48-45-42-39-36-32-29-26-23-20-17-14-11-8-5-2/h7-12,15-21,24-29,31,33,35,41,44,57H,4-6,13-14,22-23,30,32,34,36-40,42-43,45-56H2,1-3H3/b10-7-,11-8-,12-9-,18-15-,19-16-,20-17-,24-21-,28-25-,29-26-,31-27-,35-33-,44-41-. The molecule has 0 N–H and O–H groups in total. The van der Waals surface area contributed by atoms with Crippen molar-refractivity contribution >= 4 is 17.9 Å². The Morgan fingerprint density at radius 2 is 0.636 bits per heavy atom. The maximum absolute atomic E-state index is 12.8. The largest absolute Gasteiger partial charge is 0.462 e. The van der Waals surface area contributed by atoms with Crippen LogP contribution in [0.25, 0.3) is 0 Å². The van der Waals surface area contributed by atoms with Crippen LogP contribution in [0.4, 0.5) is 0 Å². The molecule has 0 aromatic carbocycles. The molecule has 6 heteroatoms. The Labute approximate surface area is 404 Å². The van der Waals surface area contributed by atoms with E-state index in [1.165, 1.54) is 12.8 Å². The highest BCUT2D eigenvalue weighted by Gasteiger charge is 2.19. The molecule has 0 rings (SSSR count). The molecule has 0 heterocycles. The lowest BCUT2D eigenvalue weighted by atomic mass is 10.1. The quantitative estimate of drug-likeness (QED) is 0.0199. The van der Waals surface area contributed by atoms with Crippen LogP contribution in [-0.2, 0) is 28.6 Å². The van der Waals surface area contributed by atoms with Crippen molar-refractivity contribution in [2.24, 2.45) is 0 Å². The van der Waals surface area contributed by atoms with Crippen LogP contribution < -0.4 is 0 Å². The number of rotatable bonds is 44. The molecule has 0 aliphatic heterocycles. The van der Waals surface area contributed by atoms with Gasteiger partial charge in [-0.25, -0.2) is 0 Å². The topological polar surface area (TPSA) is 78.9 Å². The zero-order valence-corrected chi connectivity index (χ0v) is 41.9. The lowest BCUT2D eigenvalue weighted by molar-refractivity contribution is -0.167. The molecule has 0 saturated carbocycles. The molecule has 0 amide bonds. The van der Waals surface area contributed by atoms with Crippen molar-refractivity contribution < 1.29 is 28.6 Å². The van der Waals surface area contributed by atoms with Gasteiger partial charge >= 0.3 is 17.9 Å². The molecular weight excluding hydrogens is 817 g/mol. The van der Waals surface area contributed by atoms with E-state index in [1.54, 1.807) is 0 Å². The molecule has 6 nitrogen and oxygen atoms in total. The molecule has 1 unspecified atom stereocenters. The fourth-order valence-electron chi connectivity index (χ4n) is 6.38. The minimum Gasteiger partial charge on any atom is -0.462 e. The highest BCUT2D eigenvalue weighted by Crippen LogP contribution is 2.12. The maximum atomic E-state index is 12.8. The van der Waals surface area contributed by atoms with Crippen LogP contribution in [0.1, 0.15) is 194 Å². The molecule has 0 aromatic rings. The smallest absolute Gasteiger partial charge is 0.306 e. The van der Waals surface area contributed by atoms with E-state index in [-0.39, 0.29) is 44.0 Å². The molecule has 0 aliphatic carbocycles. The van der Waals surface area contributed by atoms with Crippen molar-refractivity contribution in [3.05, 3.63) is 146 Å². The summed E-state index contributed by atoms with van der Waals surface area (Å²) in [5.74, 6) is -1.03. The third-order valence-electron chi connectivity index (χ3n) is 10.2. The van der Waals surface area contributed by atoms with Gasteiger partial charge in [-0.05, 0) is 109 Å². The normalized spacial score (nSPS) is 13.3. The predicted molar refractivity (Wildman–Crippen MR) is 283 cm³/mol. The number of esters is 3. The fourth-order valence-corrected chi connectivity index (χ4v) is 6.38. The van der Waals surface area contributed by atoms with E-state index < -0.39 is 6.10 Å². The van der Waals surface area contributed by atoms with E-state index >= 15 is 0 Å². The summed E-state index contributed by atoms with van der Waals surface area (Å²) in [5.41, 5.74) is 0. The highest BCUT2D eigenvalue weighted by atomic mass is 16.6. The summed E-state index contributed by atoms with van der Waals surface area (Å²) < 4.78 is 16.7. The molecule has 66 heavy (non-hydrogen) atoms. The van der Waals surface area contributed by atoms with Gasteiger partial charge in [0.05, 0.1) is 0 Å². The van der Waals surface area contributed by atoms with Crippen LogP contribution in [0.2, 0.25) is 0 Å². The number of unbranched alkanes of at least 4 members (excludes halogenated alkanes) is 12. The lowest BCUT2D eigenvalue weighted by Crippen LogP contribution is -2.30. The summed E-state index contributed by atoms with van der Waals surface area (Å²) >= 11 is 0. The molecule has 0 aliphatic rings. The molecule has 0 aromatic heterocycles. The Balaban J connectivity index is 4.58. The van der Waals surface area contributed by atoms with E-state index in [9.17, 15) is 14.4 Å². The summed E-state index contributed by atoms with van der Waals surface area (Å²) in [6.07, 6.45) is 75.4. The van der Waals surface area contributed by atoms with Gasteiger partial charge in [0.1, 0.15) is 13.2 Å². The van der Waals surface area contributed by atoms with Gasteiger partial charge in [0.15, 0.2) is 6.10 Å². The molecule has 0 radical (unpaired) electrons. The monoisotopic (exact) mass is 909 g/mol. The average molecular weight is 909 g/mol. The second-order valence-electron chi connectivity index (χ2n) is 16.4. The van der Waals surface area contributed by atoms with Gasteiger partial charge in [-0.1, -0.05) is 212 Å². The number of carbonyl (C=O) groups excluding carboxylic acids is 3. The van der Waals surface area contributed by atoms with Gasteiger partial charge in [-0.2, -0.15) is 0 Å². The second kappa shape index (κ2) is 52.9. The van der Waals surface area contributed by atoms with Crippen LogP contribution in [0.15, 0.2) is 146 Å². The summed E-state index contributed by atoms with van der Waals surface area (Å²) in [6.45, 7) is 6.17.